The quantitative estimate of drug-likeness (QED) is 0.642. The van der Waals surface area contributed by atoms with Crippen LogP contribution in [-0.2, 0) is 0 Å². The lowest BCUT2D eigenvalue weighted by Gasteiger charge is -1.96. The number of rotatable bonds is 2. The van der Waals surface area contributed by atoms with Gasteiger partial charge in [0.25, 0.3) is 0 Å². The number of hydrogen-bond acceptors (Lipinski definition) is 2. The first-order valence-corrected chi connectivity index (χ1v) is 3.47. The van der Waals surface area contributed by atoms with Gasteiger partial charge in [0.2, 0.25) is 0 Å². The van der Waals surface area contributed by atoms with Gasteiger partial charge in [-0.3, -0.25) is 0 Å². The zero-order valence-electron chi connectivity index (χ0n) is 6.42. The van der Waals surface area contributed by atoms with Gasteiger partial charge in [-0.25, -0.2) is 4.39 Å². The summed E-state index contributed by atoms with van der Waals surface area (Å²) in [7, 11) is 0. The Morgan fingerprint density at radius 3 is 2.42 bits per heavy atom. The van der Waals surface area contributed by atoms with Gasteiger partial charge in [0, 0.05) is 0 Å². The minimum absolute atomic E-state index is 0.275. The van der Waals surface area contributed by atoms with Crippen molar-refractivity contribution in [3.63, 3.8) is 0 Å². The van der Waals surface area contributed by atoms with E-state index in [9.17, 15) is 4.39 Å². The second-order valence-electron chi connectivity index (χ2n) is 2.28. The monoisotopic (exact) mass is 164 g/mol. The topological polar surface area (TPSA) is 49.9 Å². The Kier molecular flexibility index (Phi) is 2.58. The lowest BCUT2D eigenvalue weighted by molar-refractivity contribution is 0.628. The largest absolute Gasteiger partial charge is 0.405 e. The van der Waals surface area contributed by atoms with E-state index >= 15 is 0 Å². The van der Waals surface area contributed by atoms with Crippen molar-refractivity contribution in [1.29, 1.82) is 5.41 Å². The molecule has 62 valence electrons. The van der Waals surface area contributed by atoms with Gasteiger partial charge in [-0.2, -0.15) is 0 Å². The molecule has 0 radical (unpaired) electrons. The van der Waals surface area contributed by atoms with E-state index in [4.69, 9.17) is 11.1 Å². The van der Waals surface area contributed by atoms with E-state index in [-0.39, 0.29) is 11.5 Å². The third-order valence-corrected chi connectivity index (χ3v) is 1.42. The Hall–Kier alpha value is -1.64. The Balaban J connectivity index is 2.90. The number of nitrogens with two attached hydrogens (primary N) is 1. The van der Waals surface area contributed by atoms with Crippen molar-refractivity contribution < 1.29 is 4.39 Å². The molecule has 0 saturated heterocycles. The van der Waals surface area contributed by atoms with Gasteiger partial charge in [-0.15, -0.1) is 0 Å². The summed E-state index contributed by atoms with van der Waals surface area (Å²) in [5, 5.41) is 7.41. The van der Waals surface area contributed by atoms with E-state index < -0.39 is 0 Å². The highest BCUT2D eigenvalue weighted by Gasteiger charge is 1.96. The first kappa shape index (κ1) is 8.46. The maximum absolute atomic E-state index is 12.4. The molecule has 12 heavy (non-hydrogen) atoms. The highest BCUT2D eigenvalue weighted by atomic mass is 19.1. The van der Waals surface area contributed by atoms with Crippen molar-refractivity contribution in [2.75, 3.05) is 0 Å². The van der Waals surface area contributed by atoms with E-state index in [1.165, 1.54) is 36.5 Å². The maximum atomic E-state index is 12.4. The Morgan fingerprint density at radius 2 is 1.92 bits per heavy atom. The molecular weight excluding hydrogens is 155 g/mol. The van der Waals surface area contributed by atoms with Crippen LogP contribution in [0.2, 0.25) is 0 Å². The number of halogens is 1. The molecule has 0 saturated carbocycles. The van der Waals surface area contributed by atoms with Gasteiger partial charge in [0.05, 0.1) is 5.71 Å². The van der Waals surface area contributed by atoms with Crippen LogP contribution in [0.4, 0.5) is 4.39 Å². The molecule has 3 heteroatoms. The predicted octanol–water partition coefficient (Wildman–Crippen LogP) is 1.67. The molecule has 0 bridgehead atoms. The van der Waals surface area contributed by atoms with Crippen molar-refractivity contribution >= 4 is 5.71 Å². The average Bonchev–Trinajstić information content (AvgIpc) is 2.06. The summed E-state index contributed by atoms with van der Waals surface area (Å²) < 4.78 is 12.4. The number of benzene rings is 1. The third-order valence-electron chi connectivity index (χ3n) is 1.42. The van der Waals surface area contributed by atoms with Crippen LogP contribution in [0.1, 0.15) is 5.56 Å². The predicted molar refractivity (Wildman–Crippen MR) is 46.6 cm³/mol. The highest BCUT2D eigenvalue weighted by Crippen LogP contribution is 2.03. The van der Waals surface area contributed by atoms with Crippen molar-refractivity contribution in [2.24, 2.45) is 5.73 Å². The highest BCUT2D eigenvalue weighted by molar-refractivity contribution is 6.06. The molecule has 0 aliphatic rings. The molecule has 1 aromatic carbocycles. The van der Waals surface area contributed by atoms with E-state index in [1.54, 1.807) is 0 Å². The molecule has 1 aromatic rings. The summed E-state index contributed by atoms with van der Waals surface area (Å²) in [5.41, 5.74) is 6.03. The fraction of sp³-hybridized carbons (Fsp3) is 0. The summed E-state index contributed by atoms with van der Waals surface area (Å²) in [5.74, 6) is -0.303. The molecule has 0 fully saturated rings. The molecule has 3 N–H and O–H groups in total. The van der Waals surface area contributed by atoms with Crippen LogP contribution in [-0.4, -0.2) is 5.71 Å². The lowest BCUT2D eigenvalue weighted by atomic mass is 10.1. The van der Waals surface area contributed by atoms with Crippen molar-refractivity contribution in [3.05, 3.63) is 47.9 Å². The van der Waals surface area contributed by atoms with E-state index in [1.807, 2.05) is 0 Å². The van der Waals surface area contributed by atoms with Crippen LogP contribution in [0.15, 0.2) is 36.5 Å². The van der Waals surface area contributed by atoms with E-state index in [0.29, 0.717) is 5.56 Å². The molecule has 0 heterocycles. The smallest absolute Gasteiger partial charge is 0.123 e. The molecule has 0 amide bonds. The van der Waals surface area contributed by atoms with Gasteiger partial charge in [0.1, 0.15) is 5.82 Å². The van der Waals surface area contributed by atoms with E-state index in [0.717, 1.165) is 0 Å². The Labute approximate surface area is 70.0 Å². The number of allylic oxidation sites excluding steroid dienone is 1. The normalized spacial score (nSPS) is 10.4. The van der Waals surface area contributed by atoms with Gasteiger partial charge < -0.3 is 11.1 Å². The van der Waals surface area contributed by atoms with Gasteiger partial charge >= 0.3 is 0 Å². The van der Waals surface area contributed by atoms with Crippen molar-refractivity contribution in [2.45, 2.75) is 0 Å². The van der Waals surface area contributed by atoms with Gasteiger partial charge in [-0.1, -0.05) is 0 Å². The Morgan fingerprint density at radius 1 is 1.33 bits per heavy atom. The van der Waals surface area contributed by atoms with Crippen molar-refractivity contribution in [1.82, 2.24) is 0 Å². The Bertz CT molecular complexity index is 301. The summed E-state index contributed by atoms with van der Waals surface area (Å²) in [4.78, 5) is 0. The van der Waals surface area contributed by atoms with Crippen LogP contribution in [0.25, 0.3) is 0 Å². The molecule has 0 spiro atoms. The van der Waals surface area contributed by atoms with Gasteiger partial charge in [-0.05, 0) is 42.1 Å². The first-order chi connectivity index (χ1) is 5.74. The fourth-order valence-electron chi connectivity index (χ4n) is 0.822. The van der Waals surface area contributed by atoms with Gasteiger partial charge in [0.15, 0.2) is 0 Å². The molecule has 2 nitrogen and oxygen atoms in total. The zero-order chi connectivity index (χ0) is 8.97. The number of nitrogens with one attached hydrogen (secondary N) is 1. The van der Waals surface area contributed by atoms with Crippen LogP contribution in [0.3, 0.4) is 0 Å². The molecular formula is C9H9FN2. The van der Waals surface area contributed by atoms with Crippen LogP contribution in [0.5, 0.6) is 0 Å². The second-order valence-corrected chi connectivity index (χ2v) is 2.28. The summed E-state index contributed by atoms with van der Waals surface area (Å²) in [6, 6.07) is 5.71. The first-order valence-electron chi connectivity index (χ1n) is 3.47. The van der Waals surface area contributed by atoms with Crippen LogP contribution >= 0.6 is 0 Å². The standard InChI is InChI=1S/C9H9FN2/c10-8-3-1-7(2-4-8)9(12)5-6-11/h1-6,12H,11H2. The molecule has 0 aliphatic heterocycles. The summed E-state index contributed by atoms with van der Waals surface area (Å²) in [6.45, 7) is 0. The second kappa shape index (κ2) is 3.67. The number of hydrogen-bond donors (Lipinski definition) is 2. The average molecular weight is 164 g/mol. The summed E-state index contributed by atoms with van der Waals surface area (Å²) >= 11 is 0. The van der Waals surface area contributed by atoms with E-state index in [2.05, 4.69) is 0 Å². The SMILES string of the molecule is N=C(C=CN)c1ccc(F)cc1. The molecule has 1 rings (SSSR count). The minimum atomic E-state index is -0.303. The fourth-order valence-corrected chi connectivity index (χ4v) is 0.822. The molecule has 0 atom stereocenters. The van der Waals surface area contributed by atoms with Crippen LogP contribution in [0, 0.1) is 11.2 Å². The lowest BCUT2D eigenvalue weighted by Crippen LogP contribution is -1.95. The maximum Gasteiger partial charge on any atom is 0.123 e. The summed E-state index contributed by atoms with van der Waals surface area (Å²) in [6.07, 6.45) is 2.74. The zero-order valence-corrected chi connectivity index (χ0v) is 6.42. The molecule has 0 aromatic heterocycles. The van der Waals surface area contributed by atoms with Crippen LogP contribution < -0.4 is 5.73 Å². The molecule has 0 aliphatic carbocycles. The molecule has 0 unspecified atom stereocenters. The third kappa shape index (κ3) is 1.92. The minimum Gasteiger partial charge on any atom is -0.405 e. The van der Waals surface area contributed by atoms with Crippen molar-refractivity contribution in [3.8, 4) is 0 Å².